The van der Waals surface area contributed by atoms with Crippen LogP contribution in [0.5, 0.6) is 5.75 Å². The van der Waals surface area contributed by atoms with Crippen LogP contribution >= 0.6 is 0 Å². The molecule has 4 rings (SSSR count). The van der Waals surface area contributed by atoms with Gasteiger partial charge in [-0.05, 0) is 29.7 Å². The first kappa shape index (κ1) is 18.4. The Labute approximate surface area is 165 Å². The maximum absolute atomic E-state index is 12.8. The van der Waals surface area contributed by atoms with Crippen molar-refractivity contribution in [2.45, 2.75) is 19.8 Å². The number of nitrogens with two attached hydrogens (primary N) is 1. The summed E-state index contributed by atoms with van der Waals surface area (Å²) in [6.07, 6.45) is 0. The number of hydrogen-bond donors (Lipinski definition) is 3. The van der Waals surface area contributed by atoms with E-state index in [2.05, 4.69) is 15.0 Å². The van der Waals surface area contributed by atoms with Crippen molar-refractivity contribution in [3.8, 4) is 22.8 Å². The molecule has 29 heavy (non-hydrogen) atoms. The Balaban J connectivity index is 2.09. The molecule has 0 radical (unpaired) electrons. The second-order valence-corrected chi connectivity index (χ2v) is 6.99. The lowest BCUT2D eigenvalue weighted by molar-refractivity contribution is 0.0997. The zero-order valence-electron chi connectivity index (χ0n) is 15.9. The summed E-state index contributed by atoms with van der Waals surface area (Å²) in [4.78, 5) is 36.3. The highest BCUT2D eigenvalue weighted by atomic mass is 16.3. The first-order valence-electron chi connectivity index (χ1n) is 9.08. The first-order valence-corrected chi connectivity index (χ1v) is 9.08. The molecule has 2 aromatic carbocycles. The number of hydrogen-bond acceptors (Lipinski definition) is 5. The summed E-state index contributed by atoms with van der Waals surface area (Å²) in [5, 5.41) is 9.79. The Morgan fingerprint density at radius 1 is 1.14 bits per heavy atom. The van der Waals surface area contributed by atoms with E-state index in [-0.39, 0.29) is 34.3 Å². The summed E-state index contributed by atoms with van der Waals surface area (Å²) < 4.78 is 1.42. The molecule has 1 amide bonds. The summed E-state index contributed by atoms with van der Waals surface area (Å²) >= 11 is 0. The van der Waals surface area contributed by atoms with E-state index in [1.165, 1.54) is 16.7 Å². The number of imidazole rings is 1. The minimum absolute atomic E-state index is 0.0310. The van der Waals surface area contributed by atoms with Gasteiger partial charge < -0.3 is 15.8 Å². The molecule has 4 N–H and O–H groups in total. The number of fused-ring (bicyclic) bond motifs is 1. The van der Waals surface area contributed by atoms with Crippen LogP contribution in [0.4, 0.5) is 0 Å². The molecule has 4 aromatic rings. The number of carbonyl (C=O) groups excluding carboxylic acids is 1. The van der Waals surface area contributed by atoms with Gasteiger partial charge in [0.05, 0.1) is 5.69 Å². The summed E-state index contributed by atoms with van der Waals surface area (Å²) in [5.74, 6) is -0.421. The fourth-order valence-corrected chi connectivity index (χ4v) is 3.34. The smallest absolute Gasteiger partial charge is 0.332 e. The van der Waals surface area contributed by atoms with E-state index in [0.29, 0.717) is 11.3 Å². The molecular formula is C21H19N5O3. The third kappa shape index (κ3) is 3.14. The number of nitrogens with one attached hydrogen (secondary N) is 1. The van der Waals surface area contributed by atoms with Crippen LogP contribution in [0.1, 0.15) is 35.8 Å². The van der Waals surface area contributed by atoms with Gasteiger partial charge in [-0.25, -0.2) is 19.3 Å². The highest BCUT2D eigenvalue weighted by Crippen LogP contribution is 2.27. The zero-order valence-corrected chi connectivity index (χ0v) is 15.9. The third-order valence-electron chi connectivity index (χ3n) is 4.67. The molecular weight excluding hydrogens is 370 g/mol. The van der Waals surface area contributed by atoms with Crippen LogP contribution in [0.3, 0.4) is 0 Å². The molecule has 0 aliphatic heterocycles. The van der Waals surface area contributed by atoms with Gasteiger partial charge in [-0.1, -0.05) is 44.2 Å². The van der Waals surface area contributed by atoms with Gasteiger partial charge in [0.15, 0.2) is 17.2 Å². The molecule has 2 heterocycles. The van der Waals surface area contributed by atoms with Crippen LogP contribution in [-0.4, -0.2) is 30.5 Å². The molecule has 0 unspecified atom stereocenters. The second-order valence-electron chi connectivity index (χ2n) is 6.99. The summed E-state index contributed by atoms with van der Waals surface area (Å²) in [7, 11) is 0. The van der Waals surface area contributed by atoms with Crippen molar-refractivity contribution in [3.05, 3.63) is 70.3 Å². The largest absolute Gasteiger partial charge is 0.508 e. The Kier molecular flexibility index (Phi) is 4.38. The monoisotopic (exact) mass is 389 g/mol. The van der Waals surface area contributed by atoms with Gasteiger partial charge in [-0.15, -0.1) is 0 Å². The quantitative estimate of drug-likeness (QED) is 0.494. The summed E-state index contributed by atoms with van der Waals surface area (Å²) in [6, 6.07) is 13.8. The van der Waals surface area contributed by atoms with Crippen LogP contribution in [0.25, 0.3) is 28.2 Å². The third-order valence-corrected chi connectivity index (χ3v) is 4.67. The van der Waals surface area contributed by atoms with Gasteiger partial charge in [0.25, 0.3) is 5.91 Å². The Hall–Kier alpha value is -3.94. The number of phenolic OH excluding ortho intramolecular Hbond substituents is 1. The standard InChI is InChI=1S/C21H19N5O3/c1-11(2)14-8-3-4-9-15(14)26-20-17(24-21(26)29)16(18(22)28)23-19(25-20)12-6-5-7-13(27)10-12/h3-11,27H,1-2H3,(H2,22,28)(H,24,29). The number of amides is 1. The van der Waals surface area contributed by atoms with Crippen molar-refractivity contribution in [2.24, 2.45) is 5.73 Å². The van der Waals surface area contributed by atoms with Crippen LogP contribution in [0.15, 0.2) is 53.3 Å². The van der Waals surface area contributed by atoms with Gasteiger partial charge in [0.1, 0.15) is 11.3 Å². The number of H-pyrrole nitrogens is 1. The first-order chi connectivity index (χ1) is 13.9. The van der Waals surface area contributed by atoms with Crippen molar-refractivity contribution in [3.63, 3.8) is 0 Å². The number of benzene rings is 2. The molecule has 8 heteroatoms. The van der Waals surface area contributed by atoms with Gasteiger partial charge >= 0.3 is 5.69 Å². The van der Waals surface area contributed by atoms with Crippen LogP contribution in [-0.2, 0) is 0 Å². The lowest BCUT2D eigenvalue weighted by Crippen LogP contribution is -2.17. The second kappa shape index (κ2) is 6.90. The van der Waals surface area contributed by atoms with E-state index in [1.54, 1.807) is 12.1 Å². The molecule has 0 aliphatic carbocycles. The lowest BCUT2D eigenvalue weighted by atomic mass is 10.0. The van der Waals surface area contributed by atoms with E-state index in [0.717, 1.165) is 5.56 Å². The highest BCUT2D eigenvalue weighted by molar-refractivity contribution is 6.02. The topological polar surface area (TPSA) is 127 Å². The fourth-order valence-electron chi connectivity index (χ4n) is 3.34. The molecule has 2 aromatic heterocycles. The molecule has 0 saturated heterocycles. The minimum Gasteiger partial charge on any atom is -0.508 e. The number of phenols is 1. The van der Waals surface area contributed by atoms with Crippen molar-refractivity contribution in [2.75, 3.05) is 0 Å². The molecule has 0 bridgehead atoms. The number of nitrogens with zero attached hydrogens (tertiary/aromatic N) is 3. The number of carbonyl (C=O) groups is 1. The Morgan fingerprint density at radius 2 is 1.90 bits per heavy atom. The van der Waals surface area contributed by atoms with Gasteiger partial charge in [-0.3, -0.25) is 4.79 Å². The molecule has 0 aliphatic rings. The lowest BCUT2D eigenvalue weighted by Gasteiger charge is -2.13. The van der Waals surface area contributed by atoms with E-state index in [1.807, 2.05) is 38.1 Å². The minimum atomic E-state index is -0.788. The molecule has 0 spiro atoms. The normalized spacial score (nSPS) is 11.3. The predicted octanol–water partition coefficient (Wildman–Crippen LogP) is 2.70. The van der Waals surface area contributed by atoms with Crippen molar-refractivity contribution in [1.82, 2.24) is 19.5 Å². The van der Waals surface area contributed by atoms with E-state index < -0.39 is 11.6 Å². The number of aromatic nitrogens is 4. The fraction of sp³-hybridized carbons (Fsp3) is 0.143. The van der Waals surface area contributed by atoms with Crippen molar-refractivity contribution >= 4 is 17.1 Å². The predicted molar refractivity (Wildman–Crippen MR) is 109 cm³/mol. The van der Waals surface area contributed by atoms with Gasteiger partial charge in [0, 0.05) is 5.56 Å². The van der Waals surface area contributed by atoms with Gasteiger partial charge in [0.2, 0.25) is 0 Å². The average molecular weight is 389 g/mol. The van der Waals surface area contributed by atoms with Crippen LogP contribution in [0, 0.1) is 0 Å². The van der Waals surface area contributed by atoms with Crippen LogP contribution in [0.2, 0.25) is 0 Å². The maximum Gasteiger partial charge on any atom is 0.332 e. The molecule has 0 fully saturated rings. The summed E-state index contributed by atoms with van der Waals surface area (Å²) in [5.41, 5.74) is 7.50. The van der Waals surface area contributed by atoms with E-state index >= 15 is 0 Å². The Bertz CT molecular complexity index is 1300. The average Bonchev–Trinajstić information content (AvgIpc) is 3.02. The SMILES string of the molecule is CC(C)c1ccccc1-n1c(=O)[nH]c2c(C(N)=O)nc(-c3cccc(O)c3)nc21. The maximum atomic E-state index is 12.8. The van der Waals surface area contributed by atoms with Crippen LogP contribution < -0.4 is 11.4 Å². The summed E-state index contributed by atoms with van der Waals surface area (Å²) in [6.45, 7) is 4.06. The van der Waals surface area contributed by atoms with Gasteiger partial charge in [-0.2, -0.15) is 0 Å². The molecule has 0 saturated carbocycles. The number of para-hydroxylation sites is 1. The van der Waals surface area contributed by atoms with Crippen molar-refractivity contribution in [1.29, 1.82) is 0 Å². The van der Waals surface area contributed by atoms with E-state index in [4.69, 9.17) is 5.73 Å². The van der Waals surface area contributed by atoms with E-state index in [9.17, 15) is 14.7 Å². The molecule has 8 nitrogen and oxygen atoms in total. The number of aromatic hydroxyl groups is 1. The number of primary amides is 1. The molecule has 0 atom stereocenters. The van der Waals surface area contributed by atoms with Crippen molar-refractivity contribution < 1.29 is 9.90 Å². The number of rotatable bonds is 4. The Morgan fingerprint density at radius 3 is 2.59 bits per heavy atom. The number of aromatic amines is 1. The molecule has 146 valence electrons. The highest BCUT2D eigenvalue weighted by Gasteiger charge is 2.21. The zero-order chi connectivity index (χ0) is 20.7.